The molecule has 26 heavy (non-hydrogen) atoms. The number of ketones is 1. The topological polar surface area (TPSA) is 111 Å². The van der Waals surface area contributed by atoms with Crippen molar-refractivity contribution in [3.8, 4) is 0 Å². The molecule has 130 valence electrons. The smallest absolute Gasteiger partial charge is 0.262 e. The molecule has 0 aliphatic heterocycles. The molecular weight excluding hydrogens is 352 g/mol. The van der Waals surface area contributed by atoms with E-state index < -0.39 is 5.91 Å². The van der Waals surface area contributed by atoms with Crippen LogP contribution >= 0.6 is 11.3 Å². The van der Waals surface area contributed by atoms with Gasteiger partial charge in [0.2, 0.25) is 0 Å². The highest BCUT2D eigenvalue weighted by atomic mass is 32.1. The Morgan fingerprint density at radius 3 is 2.85 bits per heavy atom. The van der Waals surface area contributed by atoms with Crippen LogP contribution in [0.2, 0.25) is 0 Å². The van der Waals surface area contributed by atoms with Crippen molar-refractivity contribution in [3.63, 3.8) is 0 Å². The number of hydrogen-bond acceptors (Lipinski definition) is 5. The number of thiophene rings is 1. The number of aryl methyl sites for hydroxylation is 1. The van der Waals surface area contributed by atoms with Gasteiger partial charge in [0.05, 0.1) is 23.1 Å². The summed E-state index contributed by atoms with van der Waals surface area (Å²) in [5.74, 6) is -0.792. The first-order valence-corrected chi connectivity index (χ1v) is 8.66. The van der Waals surface area contributed by atoms with E-state index in [0.29, 0.717) is 26.2 Å². The van der Waals surface area contributed by atoms with Crippen molar-refractivity contribution in [2.75, 3.05) is 0 Å². The van der Waals surface area contributed by atoms with Crippen LogP contribution in [0.3, 0.4) is 0 Å². The van der Waals surface area contributed by atoms with Crippen molar-refractivity contribution >= 4 is 44.1 Å². The molecule has 0 aliphatic carbocycles. The fourth-order valence-electron chi connectivity index (χ4n) is 3.05. The summed E-state index contributed by atoms with van der Waals surface area (Å²) in [6, 6.07) is 7.47. The summed E-state index contributed by atoms with van der Waals surface area (Å²) in [5, 5.41) is 1.14. The average Bonchev–Trinajstić information content (AvgIpc) is 3.19. The maximum Gasteiger partial charge on any atom is 0.262 e. The summed E-state index contributed by atoms with van der Waals surface area (Å²) in [5.41, 5.74) is 6.87. The zero-order valence-corrected chi connectivity index (χ0v) is 14.6. The summed E-state index contributed by atoms with van der Waals surface area (Å²) in [6.45, 7) is 1.53. The highest BCUT2D eigenvalue weighted by Gasteiger charge is 2.19. The largest absolute Gasteiger partial charge is 0.365 e. The van der Waals surface area contributed by atoms with E-state index >= 15 is 0 Å². The number of nitrogens with zero attached hydrogens (tertiary/aromatic N) is 2. The lowest BCUT2D eigenvalue weighted by atomic mass is 10.1. The van der Waals surface area contributed by atoms with Crippen LogP contribution in [0.1, 0.15) is 25.6 Å². The van der Waals surface area contributed by atoms with Crippen LogP contribution in [-0.2, 0) is 6.54 Å². The normalized spacial score (nSPS) is 11.3. The third-order valence-corrected chi connectivity index (χ3v) is 5.56. The van der Waals surface area contributed by atoms with Crippen LogP contribution in [0, 0.1) is 6.92 Å². The van der Waals surface area contributed by atoms with Crippen LogP contribution in [-0.4, -0.2) is 26.2 Å². The number of para-hydroxylation sites is 1. The molecule has 3 N–H and O–H groups in total. The molecule has 8 heteroatoms. The predicted octanol–water partition coefficient (Wildman–Crippen LogP) is 2.23. The van der Waals surface area contributed by atoms with Gasteiger partial charge in [0.1, 0.15) is 4.83 Å². The quantitative estimate of drug-likeness (QED) is 0.540. The fourth-order valence-corrected chi connectivity index (χ4v) is 4.04. The van der Waals surface area contributed by atoms with Gasteiger partial charge in [-0.25, -0.2) is 4.98 Å². The predicted molar refractivity (Wildman–Crippen MR) is 99.8 cm³/mol. The van der Waals surface area contributed by atoms with E-state index in [0.717, 1.165) is 22.2 Å². The van der Waals surface area contributed by atoms with Crippen molar-refractivity contribution in [1.29, 1.82) is 0 Å². The molecule has 1 aromatic carbocycles. The zero-order chi connectivity index (χ0) is 18.4. The van der Waals surface area contributed by atoms with E-state index in [1.54, 1.807) is 13.1 Å². The lowest BCUT2D eigenvalue weighted by Gasteiger charge is -2.04. The number of fused-ring (bicyclic) bond motifs is 2. The Hall–Kier alpha value is -3.26. The van der Waals surface area contributed by atoms with Crippen LogP contribution in [0.4, 0.5) is 0 Å². The summed E-state index contributed by atoms with van der Waals surface area (Å²) in [4.78, 5) is 45.0. The van der Waals surface area contributed by atoms with Crippen molar-refractivity contribution < 1.29 is 9.59 Å². The van der Waals surface area contributed by atoms with Crippen LogP contribution in [0.5, 0.6) is 0 Å². The number of primary amides is 1. The van der Waals surface area contributed by atoms with Crippen LogP contribution in [0.25, 0.3) is 21.1 Å². The third-order valence-electron chi connectivity index (χ3n) is 4.34. The molecule has 0 bridgehead atoms. The molecule has 4 rings (SSSR count). The van der Waals surface area contributed by atoms with Gasteiger partial charge in [0, 0.05) is 22.7 Å². The molecular formula is C18H14N4O3S. The van der Waals surface area contributed by atoms with E-state index in [1.807, 2.05) is 24.3 Å². The molecule has 4 aromatic rings. The molecule has 0 saturated carbocycles. The number of carbonyl (C=O) groups is 2. The first-order chi connectivity index (χ1) is 12.5. The molecule has 0 atom stereocenters. The number of carbonyl (C=O) groups excluding carboxylic acids is 2. The lowest BCUT2D eigenvalue weighted by Crippen LogP contribution is -2.24. The third kappa shape index (κ3) is 2.42. The zero-order valence-electron chi connectivity index (χ0n) is 13.8. The Bertz CT molecular complexity index is 1250. The number of benzene rings is 1. The van der Waals surface area contributed by atoms with Crippen molar-refractivity contribution in [2.24, 2.45) is 5.73 Å². The van der Waals surface area contributed by atoms with Gasteiger partial charge in [-0.2, -0.15) is 0 Å². The van der Waals surface area contributed by atoms with Gasteiger partial charge < -0.3 is 10.7 Å². The minimum absolute atomic E-state index is 0.134. The minimum Gasteiger partial charge on any atom is -0.365 e. The highest BCUT2D eigenvalue weighted by Crippen LogP contribution is 2.26. The van der Waals surface area contributed by atoms with Gasteiger partial charge >= 0.3 is 0 Å². The number of rotatable bonds is 4. The second-order valence-electron chi connectivity index (χ2n) is 5.95. The summed E-state index contributed by atoms with van der Waals surface area (Å²) in [7, 11) is 0. The van der Waals surface area contributed by atoms with E-state index in [4.69, 9.17) is 5.73 Å². The maximum absolute atomic E-state index is 12.8. The second kappa shape index (κ2) is 5.92. The van der Waals surface area contributed by atoms with Crippen molar-refractivity contribution in [2.45, 2.75) is 13.5 Å². The number of H-pyrrole nitrogens is 1. The molecule has 0 unspecified atom stereocenters. The van der Waals surface area contributed by atoms with Gasteiger partial charge in [-0.3, -0.25) is 19.0 Å². The molecule has 0 radical (unpaired) electrons. The number of nitrogens with two attached hydrogens (primary N) is 1. The fraction of sp³-hybridized carbons (Fsp3) is 0.111. The van der Waals surface area contributed by atoms with E-state index in [9.17, 15) is 14.4 Å². The first-order valence-electron chi connectivity index (χ1n) is 7.85. The van der Waals surface area contributed by atoms with Gasteiger partial charge in [-0.05, 0) is 18.6 Å². The number of amides is 1. The molecule has 0 saturated heterocycles. The van der Waals surface area contributed by atoms with E-state index in [2.05, 4.69) is 9.97 Å². The standard InChI is InChI=1S/C18H14N4O3S/c1-9-14-17(26-15(9)16(19)24)21-8-22(18(14)25)7-13(23)11-6-20-12-5-3-2-4-10(11)12/h2-6,8,20H,7H2,1H3,(H2,19,24). The molecule has 3 aromatic heterocycles. The van der Waals surface area contributed by atoms with Gasteiger partial charge in [-0.1, -0.05) is 18.2 Å². The molecule has 3 heterocycles. The summed E-state index contributed by atoms with van der Waals surface area (Å²) >= 11 is 1.08. The highest BCUT2D eigenvalue weighted by molar-refractivity contribution is 7.20. The number of aromatic amines is 1. The SMILES string of the molecule is Cc1c(C(N)=O)sc2ncn(CC(=O)c3c[nH]c4ccccc34)c(=O)c12. The average molecular weight is 366 g/mol. The number of Topliss-reactive ketones (excluding diaryl/α,β-unsaturated/α-hetero) is 1. The molecule has 0 spiro atoms. The summed E-state index contributed by atoms with van der Waals surface area (Å²) < 4.78 is 1.26. The van der Waals surface area contributed by atoms with Gasteiger partial charge in [0.25, 0.3) is 11.5 Å². The molecule has 1 amide bonds. The van der Waals surface area contributed by atoms with Crippen LogP contribution < -0.4 is 11.3 Å². The second-order valence-corrected chi connectivity index (χ2v) is 6.95. The van der Waals surface area contributed by atoms with E-state index in [-0.39, 0.29) is 17.9 Å². The molecule has 0 fully saturated rings. The van der Waals surface area contributed by atoms with Crippen molar-refractivity contribution in [3.05, 3.63) is 63.1 Å². The Balaban J connectivity index is 1.77. The summed E-state index contributed by atoms with van der Waals surface area (Å²) in [6.07, 6.45) is 2.98. The number of hydrogen-bond donors (Lipinski definition) is 2. The number of aromatic nitrogens is 3. The maximum atomic E-state index is 12.8. The Labute approximate surface area is 151 Å². The Kier molecular flexibility index (Phi) is 3.69. The first kappa shape index (κ1) is 16.2. The van der Waals surface area contributed by atoms with E-state index in [1.165, 1.54) is 10.9 Å². The molecule has 0 aliphatic rings. The van der Waals surface area contributed by atoms with Crippen molar-refractivity contribution in [1.82, 2.24) is 14.5 Å². The molecule has 7 nitrogen and oxygen atoms in total. The minimum atomic E-state index is -0.591. The Morgan fingerprint density at radius 2 is 2.08 bits per heavy atom. The monoisotopic (exact) mass is 366 g/mol. The van der Waals surface area contributed by atoms with Gasteiger partial charge in [0.15, 0.2) is 5.78 Å². The Morgan fingerprint density at radius 1 is 1.31 bits per heavy atom. The lowest BCUT2D eigenvalue weighted by molar-refractivity contribution is 0.0970. The van der Waals surface area contributed by atoms with Crippen LogP contribution in [0.15, 0.2) is 41.6 Å². The number of nitrogens with one attached hydrogen (secondary N) is 1. The van der Waals surface area contributed by atoms with Gasteiger partial charge in [-0.15, -0.1) is 11.3 Å².